The number of nitrogens with zero attached hydrogens (tertiary/aromatic N) is 1. The number of rotatable bonds is 3. The van der Waals surface area contributed by atoms with Gasteiger partial charge in [-0.25, -0.2) is 0 Å². The van der Waals surface area contributed by atoms with Gasteiger partial charge in [-0.1, -0.05) is 26.0 Å². The van der Waals surface area contributed by atoms with Crippen molar-refractivity contribution in [1.82, 2.24) is 0 Å². The molecule has 1 aromatic carbocycles. The Morgan fingerprint density at radius 2 is 1.82 bits per heavy atom. The molecular weight excluding hydrogens is 210 g/mol. The van der Waals surface area contributed by atoms with Gasteiger partial charge in [0.1, 0.15) is 0 Å². The second-order valence-electron chi connectivity index (χ2n) is 5.41. The van der Waals surface area contributed by atoms with E-state index in [0.717, 1.165) is 12.1 Å². The maximum atomic E-state index is 9.51. The van der Waals surface area contributed by atoms with Crippen molar-refractivity contribution in [1.29, 1.82) is 0 Å². The average molecular weight is 233 g/mol. The predicted molar refractivity (Wildman–Crippen MR) is 72.3 cm³/mol. The van der Waals surface area contributed by atoms with Crippen LogP contribution in [-0.2, 0) is 0 Å². The monoisotopic (exact) mass is 233 g/mol. The van der Waals surface area contributed by atoms with Crippen LogP contribution in [0.25, 0.3) is 0 Å². The minimum atomic E-state index is -0.372. The van der Waals surface area contributed by atoms with Crippen LogP contribution in [0.3, 0.4) is 0 Å². The van der Waals surface area contributed by atoms with Crippen LogP contribution in [0.5, 0.6) is 0 Å². The van der Waals surface area contributed by atoms with Crippen LogP contribution in [0.1, 0.15) is 45.3 Å². The van der Waals surface area contributed by atoms with Gasteiger partial charge in [-0.15, -0.1) is 0 Å². The molecule has 2 rings (SSSR count). The first-order valence-corrected chi connectivity index (χ1v) is 6.64. The fourth-order valence-corrected chi connectivity index (χ4v) is 2.75. The number of hydrogen-bond donors (Lipinski definition) is 1. The fourth-order valence-electron chi connectivity index (χ4n) is 2.75. The van der Waals surface area contributed by atoms with Gasteiger partial charge < -0.3 is 10.0 Å². The molecule has 94 valence electrons. The van der Waals surface area contributed by atoms with E-state index >= 15 is 0 Å². The van der Waals surface area contributed by atoms with Crippen LogP contribution < -0.4 is 4.90 Å². The zero-order valence-corrected chi connectivity index (χ0v) is 11.1. The quantitative estimate of drug-likeness (QED) is 0.865. The molecule has 0 amide bonds. The molecule has 1 unspecified atom stereocenters. The van der Waals surface area contributed by atoms with E-state index in [1.54, 1.807) is 0 Å². The molecule has 17 heavy (non-hydrogen) atoms. The summed E-state index contributed by atoms with van der Waals surface area (Å²) < 4.78 is 0. The molecule has 0 aliphatic carbocycles. The molecule has 1 aliphatic heterocycles. The van der Waals surface area contributed by atoms with E-state index < -0.39 is 0 Å². The number of anilines is 1. The molecule has 1 saturated heterocycles. The predicted octanol–water partition coefficient (Wildman–Crippen LogP) is 3.36. The number of aliphatic hydroxyl groups is 1. The van der Waals surface area contributed by atoms with Crippen LogP contribution >= 0.6 is 0 Å². The highest BCUT2D eigenvalue weighted by atomic mass is 16.3. The standard InChI is InChI=1S/C15H23NO/c1-11(2)15-5-4-10-16(15)14-8-6-13(7-9-14)12(3)17/h6-9,11-12,15,17H,4-5,10H2,1-3H3/t12-,15?/m1/s1. The van der Waals surface area contributed by atoms with E-state index in [1.165, 1.54) is 18.5 Å². The van der Waals surface area contributed by atoms with Gasteiger partial charge >= 0.3 is 0 Å². The number of hydrogen-bond acceptors (Lipinski definition) is 2. The Balaban J connectivity index is 2.16. The molecule has 1 aromatic rings. The normalized spacial score (nSPS) is 22.2. The van der Waals surface area contributed by atoms with Gasteiger partial charge in [0.05, 0.1) is 6.10 Å². The summed E-state index contributed by atoms with van der Waals surface area (Å²) in [6.45, 7) is 7.57. The Kier molecular flexibility index (Phi) is 3.72. The van der Waals surface area contributed by atoms with Crippen LogP contribution in [0.2, 0.25) is 0 Å². The summed E-state index contributed by atoms with van der Waals surface area (Å²) >= 11 is 0. The van der Waals surface area contributed by atoms with E-state index in [1.807, 2.05) is 19.1 Å². The molecule has 0 bridgehead atoms. The minimum Gasteiger partial charge on any atom is -0.389 e. The van der Waals surface area contributed by atoms with E-state index in [0.29, 0.717) is 12.0 Å². The van der Waals surface area contributed by atoms with Gasteiger partial charge in [0.2, 0.25) is 0 Å². The molecule has 1 N–H and O–H groups in total. The minimum absolute atomic E-state index is 0.372. The first kappa shape index (κ1) is 12.4. The Morgan fingerprint density at radius 3 is 2.35 bits per heavy atom. The third-order valence-corrected chi connectivity index (χ3v) is 3.78. The number of benzene rings is 1. The van der Waals surface area contributed by atoms with E-state index in [9.17, 15) is 5.11 Å². The van der Waals surface area contributed by atoms with Gasteiger partial charge in [-0.05, 0) is 43.4 Å². The van der Waals surface area contributed by atoms with Gasteiger partial charge in [0, 0.05) is 18.3 Å². The molecular formula is C15H23NO. The topological polar surface area (TPSA) is 23.5 Å². The summed E-state index contributed by atoms with van der Waals surface area (Å²) in [4.78, 5) is 2.51. The highest BCUT2D eigenvalue weighted by Crippen LogP contribution is 2.30. The molecule has 1 aliphatic rings. The van der Waals surface area contributed by atoms with Gasteiger partial charge in [0.15, 0.2) is 0 Å². The average Bonchev–Trinajstić information content (AvgIpc) is 2.78. The van der Waals surface area contributed by atoms with E-state index in [4.69, 9.17) is 0 Å². The molecule has 0 aromatic heterocycles. The second kappa shape index (κ2) is 5.09. The molecule has 0 radical (unpaired) electrons. The summed E-state index contributed by atoms with van der Waals surface area (Å²) in [5, 5.41) is 9.51. The number of aliphatic hydroxyl groups excluding tert-OH is 1. The third-order valence-electron chi connectivity index (χ3n) is 3.78. The van der Waals surface area contributed by atoms with Crippen molar-refractivity contribution in [2.75, 3.05) is 11.4 Å². The third kappa shape index (κ3) is 2.63. The van der Waals surface area contributed by atoms with E-state index in [2.05, 4.69) is 30.9 Å². The SMILES string of the molecule is CC(C)C1CCCN1c1ccc([C@@H](C)O)cc1. The summed E-state index contributed by atoms with van der Waals surface area (Å²) in [5.41, 5.74) is 2.29. The fraction of sp³-hybridized carbons (Fsp3) is 0.600. The Hall–Kier alpha value is -1.02. The van der Waals surface area contributed by atoms with Crippen molar-refractivity contribution in [2.45, 2.75) is 45.8 Å². The maximum Gasteiger partial charge on any atom is 0.0761 e. The summed E-state index contributed by atoms with van der Waals surface area (Å²) in [5.74, 6) is 0.703. The molecule has 2 heteroatoms. The lowest BCUT2D eigenvalue weighted by atomic mass is 10.0. The highest BCUT2D eigenvalue weighted by Gasteiger charge is 2.26. The van der Waals surface area contributed by atoms with Crippen LogP contribution in [-0.4, -0.2) is 17.7 Å². The second-order valence-corrected chi connectivity index (χ2v) is 5.41. The first-order valence-electron chi connectivity index (χ1n) is 6.64. The molecule has 2 nitrogen and oxygen atoms in total. The zero-order valence-electron chi connectivity index (χ0n) is 11.1. The Morgan fingerprint density at radius 1 is 1.18 bits per heavy atom. The highest BCUT2D eigenvalue weighted by molar-refractivity contribution is 5.49. The van der Waals surface area contributed by atoms with Gasteiger partial charge in [-0.3, -0.25) is 0 Å². The molecule has 1 heterocycles. The molecule has 0 spiro atoms. The van der Waals surface area contributed by atoms with Crippen molar-refractivity contribution in [3.8, 4) is 0 Å². The van der Waals surface area contributed by atoms with E-state index in [-0.39, 0.29) is 6.10 Å². The van der Waals surface area contributed by atoms with Crippen molar-refractivity contribution in [2.24, 2.45) is 5.92 Å². The molecule has 1 fully saturated rings. The Labute approximate surface area is 104 Å². The van der Waals surface area contributed by atoms with Crippen molar-refractivity contribution in [3.63, 3.8) is 0 Å². The lowest BCUT2D eigenvalue weighted by molar-refractivity contribution is 0.199. The lowest BCUT2D eigenvalue weighted by Gasteiger charge is -2.30. The molecule has 2 atom stereocenters. The summed E-state index contributed by atoms with van der Waals surface area (Å²) in [6.07, 6.45) is 2.22. The zero-order chi connectivity index (χ0) is 12.4. The van der Waals surface area contributed by atoms with Gasteiger partial charge in [-0.2, -0.15) is 0 Å². The lowest BCUT2D eigenvalue weighted by Crippen LogP contribution is -2.33. The van der Waals surface area contributed by atoms with Crippen molar-refractivity contribution >= 4 is 5.69 Å². The molecule has 0 saturated carbocycles. The van der Waals surface area contributed by atoms with Crippen LogP contribution in [0, 0.1) is 5.92 Å². The van der Waals surface area contributed by atoms with Crippen LogP contribution in [0.15, 0.2) is 24.3 Å². The van der Waals surface area contributed by atoms with Crippen LogP contribution in [0.4, 0.5) is 5.69 Å². The smallest absolute Gasteiger partial charge is 0.0761 e. The largest absolute Gasteiger partial charge is 0.389 e. The first-order chi connectivity index (χ1) is 8.09. The van der Waals surface area contributed by atoms with Crippen molar-refractivity contribution < 1.29 is 5.11 Å². The summed E-state index contributed by atoms with van der Waals surface area (Å²) in [7, 11) is 0. The maximum absolute atomic E-state index is 9.51. The Bertz CT molecular complexity index is 356. The van der Waals surface area contributed by atoms with Gasteiger partial charge in [0.25, 0.3) is 0 Å². The summed E-state index contributed by atoms with van der Waals surface area (Å²) in [6, 6.07) is 9.03. The van der Waals surface area contributed by atoms with Crippen molar-refractivity contribution in [3.05, 3.63) is 29.8 Å².